The van der Waals surface area contributed by atoms with Crippen LogP contribution >= 0.6 is 0 Å². The van der Waals surface area contributed by atoms with E-state index in [1.54, 1.807) is 18.2 Å². The van der Waals surface area contributed by atoms with Gasteiger partial charge in [-0.15, -0.1) is 0 Å². The fourth-order valence-electron chi connectivity index (χ4n) is 2.86. The summed E-state index contributed by atoms with van der Waals surface area (Å²) in [6, 6.07) is 5.17. The van der Waals surface area contributed by atoms with Crippen molar-refractivity contribution in [2.75, 3.05) is 24.7 Å². The number of benzene rings is 1. The highest BCUT2D eigenvalue weighted by Crippen LogP contribution is 2.28. The number of hydrogen-bond donors (Lipinski definition) is 2. The first kappa shape index (κ1) is 18.8. The quantitative estimate of drug-likeness (QED) is 0.579. The van der Waals surface area contributed by atoms with E-state index in [0.717, 1.165) is 5.52 Å². The van der Waals surface area contributed by atoms with Crippen molar-refractivity contribution in [1.82, 2.24) is 4.57 Å². The van der Waals surface area contributed by atoms with Gasteiger partial charge in [0.25, 0.3) is 5.91 Å². The van der Waals surface area contributed by atoms with Crippen molar-refractivity contribution < 1.29 is 28.7 Å². The molecule has 1 fully saturated rings. The summed E-state index contributed by atoms with van der Waals surface area (Å²) in [6.45, 7) is 5.86. The fourth-order valence-corrected chi connectivity index (χ4v) is 2.86. The Balaban J connectivity index is 2.05. The number of rotatable bonds is 5. The molecule has 0 bridgehead atoms. The Morgan fingerprint density at radius 2 is 2.19 bits per heavy atom. The third-order valence-corrected chi connectivity index (χ3v) is 4.01. The molecule has 1 aliphatic heterocycles. The van der Waals surface area contributed by atoms with Gasteiger partial charge in [0.15, 0.2) is 11.7 Å². The third-order valence-electron chi connectivity index (χ3n) is 4.01. The molecule has 1 saturated heterocycles. The predicted molar refractivity (Wildman–Crippen MR) is 94.6 cm³/mol. The second-order valence-electron chi connectivity index (χ2n) is 7.08. The van der Waals surface area contributed by atoms with Crippen LogP contribution in [-0.2, 0) is 19.9 Å². The van der Waals surface area contributed by atoms with Crippen molar-refractivity contribution in [3.63, 3.8) is 0 Å². The summed E-state index contributed by atoms with van der Waals surface area (Å²) in [5.41, 5.74) is 6.80. The predicted octanol–water partition coefficient (Wildman–Crippen LogP) is 0.624. The zero-order valence-electron chi connectivity index (χ0n) is 15.3. The molecule has 0 saturated carbocycles. The topological polar surface area (TPSA) is 133 Å². The van der Waals surface area contributed by atoms with Crippen molar-refractivity contribution in [3.8, 4) is 0 Å². The number of carbonyl (C=O) groups excluding carboxylic acids is 2. The summed E-state index contributed by atoms with van der Waals surface area (Å²) in [5.74, 6) is -0.697. The van der Waals surface area contributed by atoms with E-state index >= 15 is 0 Å². The smallest absolute Gasteiger partial charge is 0.415 e. The number of nitrogens with two attached hydrogens (primary N) is 1. The minimum atomic E-state index is -0.984. The van der Waals surface area contributed by atoms with Gasteiger partial charge in [-0.2, -0.15) is 0 Å². The lowest BCUT2D eigenvalue weighted by Gasteiger charge is -2.21. The number of primary amides is 1. The van der Waals surface area contributed by atoms with E-state index in [4.69, 9.17) is 24.8 Å². The molecule has 2 heterocycles. The van der Waals surface area contributed by atoms with E-state index in [0.29, 0.717) is 11.3 Å². The summed E-state index contributed by atoms with van der Waals surface area (Å²) in [6.07, 6.45) is -1.63. The molecule has 1 atom stereocenters. The molecule has 0 aliphatic carbocycles. The average Bonchev–Trinajstić information content (AvgIpc) is 3.14. The first-order valence-electron chi connectivity index (χ1n) is 8.43. The van der Waals surface area contributed by atoms with Gasteiger partial charge in [-0.25, -0.2) is 4.79 Å². The van der Waals surface area contributed by atoms with Crippen LogP contribution in [0.5, 0.6) is 0 Å². The molecule has 2 amide bonds. The number of hydrogen-bond acceptors (Lipinski definition) is 7. The normalized spacial score (nSPS) is 18.2. The van der Waals surface area contributed by atoms with Crippen molar-refractivity contribution in [2.45, 2.75) is 32.4 Å². The van der Waals surface area contributed by atoms with Gasteiger partial charge in [0.1, 0.15) is 6.61 Å². The summed E-state index contributed by atoms with van der Waals surface area (Å²) >= 11 is 0. The largest absolute Gasteiger partial charge is 0.434 e. The number of fused-ring (bicyclic) bond motifs is 1. The van der Waals surface area contributed by atoms with Crippen LogP contribution in [-0.4, -0.2) is 47.5 Å². The molecular weight excluding hydrogens is 356 g/mol. The highest BCUT2D eigenvalue weighted by Gasteiger charge is 2.36. The van der Waals surface area contributed by atoms with Gasteiger partial charge in [-0.3, -0.25) is 14.3 Å². The van der Waals surface area contributed by atoms with Gasteiger partial charge in [-0.1, -0.05) is 0 Å². The van der Waals surface area contributed by atoms with Gasteiger partial charge in [0.2, 0.25) is 0 Å². The lowest BCUT2D eigenvalue weighted by atomic mass is 10.1. The van der Waals surface area contributed by atoms with E-state index in [1.807, 2.05) is 25.3 Å². The molecule has 10 heteroatoms. The molecule has 10 nitrogen and oxygen atoms in total. The Bertz CT molecular complexity index is 939. The minimum Gasteiger partial charge on any atom is -0.434 e. The number of anilines is 1. The summed E-state index contributed by atoms with van der Waals surface area (Å²) in [5, 5.41) is 12.8. The minimum absolute atomic E-state index is 0.0382. The maximum atomic E-state index is 12.0. The first-order chi connectivity index (χ1) is 12.7. The van der Waals surface area contributed by atoms with Crippen molar-refractivity contribution in [2.24, 2.45) is 10.9 Å². The Hall–Kier alpha value is -3.01. The molecule has 1 aromatic heterocycles. The Morgan fingerprint density at radius 3 is 2.78 bits per heavy atom. The number of ether oxygens (including phenoxy) is 1. The molecule has 0 spiro atoms. The zero-order chi connectivity index (χ0) is 19.8. The summed E-state index contributed by atoms with van der Waals surface area (Å²) in [4.78, 5) is 29.7. The Kier molecular flexibility index (Phi) is 4.83. The second-order valence-corrected chi connectivity index (χ2v) is 7.08. The van der Waals surface area contributed by atoms with Gasteiger partial charge in [0.05, 0.1) is 24.4 Å². The Labute approximate surface area is 154 Å². The van der Waals surface area contributed by atoms with Crippen molar-refractivity contribution in [3.05, 3.63) is 23.9 Å². The summed E-state index contributed by atoms with van der Waals surface area (Å²) in [7, 11) is 0. The molecule has 0 unspecified atom stereocenters. The van der Waals surface area contributed by atoms with Crippen LogP contribution < -0.4 is 16.3 Å². The highest BCUT2D eigenvalue weighted by atomic mass is 16.6. The average molecular weight is 378 g/mol. The van der Waals surface area contributed by atoms with Crippen molar-refractivity contribution in [1.29, 1.82) is 0 Å². The van der Waals surface area contributed by atoms with Crippen LogP contribution in [0.15, 0.2) is 27.8 Å². The SMILES string of the molecule is CC(C)(C)n1/c(=N\OCCO)oc2cc(N3C[C@H](C(N)=O)OC3=O)ccc21. The number of aliphatic hydroxyl groups excluding tert-OH is 1. The van der Waals surface area contributed by atoms with Crippen LogP contribution in [0, 0.1) is 0 Å². The molecule has 3 rings (SSSR count). The molecule has 2 aromatic rings. The first-order valence-corrected chi connectivity index (χ1v) is 8.43. The molecular formula is C17H22N4O6. The molecule has 3 N–H and O–H groups in total. The Morgan fingerprint density at radius 1 is 1.44 bits per heavy atom. The number of carbonyl (C=O) groups is 2. The molecule has 1 aliphatic rings. The number of oxazole rings is 1. The molecule has 0 radical (unpaired) electrons. The van der Waals surface area contributed by atoms with Crippen LogP contribution in [0.25, 0.3) is 11.1 Å². The van der Waals surface area contributed by atoms with Crippen LogP contribution in [0.3, 0.4) is 0 Å². The number of aromatic nitrogens is 1. The molecule has 27 heavy (non-hydrogen) atoms. The summed E-state index contributed by atoms with van der Waals surface area (Å²) < 4.78 is 12.6. The van der Waals surface area contributed by atoms with E-state index in [-0.39, 0.29) is 31.0 Å². The number of aliphatic hydroxyl groups is 1. The number of nitrogens with zero attached hydrogens (tertiary/aromatic N) is 3. The third kappa shape index (κ3) is 3.61. The van der Waals surface area contributed by atoms with E-state index in [1.165, 1.54) is 4.90 Å². The fraction of sp³-hybridized carbons (Fsp3) is 0.471. The van der Waals surface area contributed by atoms with Crippen molar-refractivity contribution >= 4 is 28.8 Å². The lowest BCUT2D eigenvalue weighted by molar-refractivity contribution is -0.124. The van der Waals surface area contributed by atoms with Gasteiger partial charge in [0, 0.05) is 11.6 Å². The van der Waals surface area contributed by atoms with Crippen LogP contribution in [0.1, 0.15) is 20.8 Å². The van der Waals surface area contributed by atoms with E-state index in [9.17, 15) is 9.59 Å². The second kappa shape index (κ2) is 6.95. The van der Waals surface area contributed by atoms with Crippen LogP contribution in [0.4, 0.5) is 10.5 Å². The van der Waals surface area contributed by atoms with E-state index in [2.05, 4.69) is 5.16 Å². The monoisotopic (exact) mass is 378 g/mol. The number of amides is 2. The van der Waals surface area contributed by atoms with Gasteiger partial charge in [-0.05, 0) is 38.1 Å². The number of cyclic esters (lactones) is 1. The highest BCUT2D eigenvalue weighted by molar-refractivity contribution is 5.96. The van der Waals surface area contributed by atoms with Gasteiger partial charge < -0.3 is 24.8 Å². The maximum Gasteiger partial charge on any atom is 0.415 e. The lowest BCUT2D eigenvalue weighted by Crippen LogP contribution is -2.32. The molecule has 146 valence electrons. The van der Waals surface area contributed by atoms with E-state index < -0.39 is 18.1 Å². The standard InChI is InChI=1S/C17H22N4O6/c1-17(2,3)21-11-5-4-10(20-9-13(14(18)23)27-16(20)24)8-12(11)26-15(21)19-25-7-6-22/h4-5,8,13,22H,6-7,9H2,1-3H3,(H2,18,23)/b19-15+/t13-/m1/s1. The zero-order valence-corrected chi connectivity index (χ0v) is 15.3. The van der Waals surface area contributed by atoms with Gasteiger partial charge >= 0.3 is 11.8 Å². The maximum absolute atomic E-state index is 12.0. The molecule has 1 aromatic carbocycles. The van der Waals surface area contributed by atoms with Crippen LogP contribution in [0.2, 0.25) is 0 Å².